The topological polar surface area (TPSA) is 177 Å². The van der Waals surface area contributed by atoms with E-state index in [9.17, 15) is 37.8 Å². The van der Waals surface area contributed by atoms with E-state index in [4.69, 9.17) is 16.3 Å². The van der Waals surface area contributed by atoms with E-state index in [-0.39, 0.29) is 64.5 Å². The Hall–Kier alpha value is -4.94. The SMILES string of the molecule is CC.Cc1ncnc(C(=O)N2CCC(c3c(C(C)O)n(CC(=O)Nc4ccc(C(F)(F)F)cc4Cl)c4nc(C5=CCOCC5)nn4c3=O)C(F)C2)c1O. The van der Waals surface area contributed by atoms with Gasteiger partial charge in [-0.15, -0.1) is 5.10 Å². The number of ether oxygens (including phenoxy) is 1. The molecule has 53 heavy (non-hydrogen) atoms. The highest BCUT2D eigenvalue weighted by Crippen LogP contribution is 2.36. The molecule has 0 radical (unpaired) electrons. The van der Waals surface area contributed by atoms with Crippen molar-refractivity contribution in [3.63, 3.8) is 0 Å². The molecule has 0 bridgehead atoms. The Kier molecular flexibility index (Phi) is 11.8. The zero-order chi connectivity index (χ0) is 38.8. The van der Waals surface area contributed by atoms with Crippen LogP contribution in [0.3, 0.4) is 0 Å². The lowest BCUT2D eigenvalue weighted by Crippen LogP contribution is -2.46. The molecule has 2 amide bonds. The number of hydrogen-bond acceptors (Lipinski definition) is 10. The van der Waals surface area contributed by atoms with Gasteiger partial charge in [0.05, 0.1) is 53.5 Å². The molecule has 2 aliphatic rings. The first-order valence-electron chi connectivity index (χ1n) is 16.7. The van der Waals surface area contributed by atoms with Crippen LogP contribution in [0, 0.1) is 6.92 Å². The van der Waals surface area contributed by atoms with Crippen molar-refractivity contribution in [3.05, 3.63) is 80.0 Å². The Morgan fingerprint density at radius 2 is 1.94 bits per heavy atom. The summed E-state index contributed by atoms with van der Waals surface area (Å²) in [4.78, 5) is 54.2. The number of benzene rings is 1. The summed E-state index contributed by atoms with van der Waals surface area (Å²) in [6, 6.07) is 2.39. The van der Waals surface area contributed by atoms with Crippen molar-refractivity contribution in [2.75, 3.05) is 31.6 Å². The number of carbonyl (C=O) groups is 2. The molecule has 14 nitrogen and oxygen atoms in total. The number of aromatic nitrogens is 6. The van der Waals surface area contributed by atoms with Crippen LogP contribution in [0.5, 0.6) is 5.75 Å². The molecular formula is C34H37ClF4N8O6. The van der Waals surface area contributed by atoms with Gasteiger partial charge in [0, 0.05) is 18.0 Å². The molecule has 3 N–H and O–H groups in total. The fourth-order valence-electron chi connectivity index (χ4n) is 6.23. The number of rotatable bonds is 7. The zero-order valence-electron chi connectivity index (χ0n) is 29.1. The van der Waals surface area contributed by atoms with Gasteiger partial charge in [-0.25, -0.2) is 14.4 Å². The van der Waals surface area contributed by atoms with Crippen molar-refractivity contribution in [3.8, 4) is 5.75 Å². The van der Waals surface area contributed by atoms with Crippen molar-refractivity contribution in [1.29, 1.82) is 0 Å². The Morgan fingerprint density at radius 3 is 2.57 bits per heavy atom. The minimum atomic E-state index is -4.67. The Bertz CT molecular complexity index is 2120. The van der Waals surface area contributed by atoms with Gasteiger partial charge < -0.3 is 29.7 Å². The smallest absolute Gasteiger partial charge is 0.416 e. The van der Waals surface area contributed by atoms with Gasteiger partial charge in [0.25, 0.3) is 11.5 Å². The second kappa shape index (κ2) is 16.0. The molecule has 3 aromatic heterocycles. The van der Waals surface area contributed by atoms with Crippen molar-refractivity contribution >= 4 is 40.5 Å². The summed E-state index contributed by atoms with van der Waals surface area (Å²) in [6.45, 7) is 6.22. The van der Waals surface area contributed by atoms with E-state index in [1.807, 2.05) is 13.8 Å². The summed E-state index contributed by atoms with van der Waals surface area (Å²) in [6.07, 6.45) is -4.86. The molecule has 2 aliphatic heterocycles. The molecule has 5 heterocycles. The number of likely N-dealkylation sites (tertiary alicyclic amines) is 1. The lowest BCUT2D eigenvalue weighted by atomic mass is 9.86. The summed E-state index contributed by atoms with van der Waals surface area (Å²) >= 11 is 6.07. The largest absolute Gasteiger partial charge is 0.504 e. The number of piperidine rings is 1. The molecule has 3 unspecified atom stereocenters. The van der Waals surface area contributed by atoms with E-state index in [1.165, 1.54) is 18.4 Å². The summed E-state index contributed by atoms with van der Waals surface area (Å²) in [7, 11) is 0. The zero-order valence-corrected chi connectivity index (χ0v) is 29.9. The molecule has 19 heteroatoms. The number of anilines is 1. The number of aryl methyl sites for hydroxylation is 1. The number of aliphatic hydroxyl groups excluding tert-OH is 1. The van der Waals surface area contributed by atoms with E-state index < -0.39 is 66.1 Å². The first-order valence-corrected chi connectivity index (χ1v) is 17.1. The Balaban J connectivity index is 0.00000266. The number of halogens is 5. The number of carbonyl (C=O) groups excluding carboxylic acids is 2. The lowest BCUT2D eigenvalue weighted by Gasteiger charge is -2.35. The maximum absolute atomic E-state index is 16.2. The van der Waals surface area contributed by atoms with Crippen molar-refractivity contribution < 1.29 is 42.1 Å². The quantitative estimate of drug-likeness (QED) is 0.221. The summed E-state index contributed by atoms with van der Waals surface area (Å²) in [5, 5.41) is 27.9. The normalized spacial score (nSPS) is 18.2. The number of nitrogens with zero attached hydrogens (tertiary/aromatic N) is 7. The van der Waals surface area contributed by atoms with Crippen molar-refractivity contribution in [2.24, 2.45) is 0 Å². The number of hydrogen-bond donors (Lipinski definition) is 3. The number of alkyl halides is 4. The number of nitrogens with one attached hydrogen (secondary N) is 1. The van der Waals surface area contributed by atoms with E-state index in [0.717, 1.165) is 27.9 Å². The third-order valence-corrected chi connectivity index (χ3v) is 9.06. The van der Waals surface area contributed by atoms with Crippen LogP contribution in [0.2, 0.25) is 5.02 Å². The fraction of sp³-hybridized carbons (Fsp3) is 0.441. The molecule has 1 fully saturated rings. The van der Waals surface area contributed by atoms with Crippen LogP contribution in [0.1, 0.15) is 84.5 Å². The van der Waals surface area contributed by atoms with E-state index in [2.05, 4.69) is 25.4 Å². The molecule has 0 spiro atoms. The highest BCUT2D eigenvalue weighted by Gasteiger charge is 2.39. The molecule has 3 atom stereocenters. The van der Waals surface area contributed by atoms with E-state index in [1.54, 1.807) is 6.08 Å². The van der Waals surface area contributed by atoms with Crippen LogP contribution in [-0.4, -0.2) is 88.5 Å². The van der Waals surface area contributed by atoms with Gasteiger partial charge in [-0.1, -0.05) is 31.5 Å². The summed E-state index contributed by atoms with van der Waals surface area (Å²) < 4.78 is 63.3. The minimum absolute atomic E-state index is 0.0640. The molecule has 0 saturated carbocycles. The second-order valence-electron chi connectivity index (χ2n) is 12.1. The van der Waals surface area contributed by atoms with Gasteiger partial charge in [-0.2, -0.15) is 22.7 Å². The lowest BCUT2D eigenvalue weighted by molar-refractivity contribution is -0.137. The van der Waals surface area contributed by atoms with Crippen molar-refractivity contribution in [1.82, 2.24) is 34.0 Å². The maximum atomic E-state index is 16.2. The molecular weight excluding hydrogens is 728 g/mol. The van der Waals surface area contributed by atoms with Gasteiger partial charge in [-0.3, -0.25) is 14.4 Å². The Morgan fingerprint density at radius 1 is 1.21 bits per heavy atom. The molecule has 4 aromatic rings. The van der Waals surface area contributed by atoms with Gasteiger partial charge >= 0.3 is 6.18 Å². The maximum Gasteiger partial charge on any atom is 0.416 e. The number of amides is 2. The standard InChI is InChI=1S/C32H31ClF4N8O6.C2H6/c1-15-27(48)25(39-14-38-15)30(50)43-8-5-19(21(34)12-43)24-26(16(2)46)44(13-23(47)40-22-4-3-18(11-20(22)33)32(35,36)37)31-41-28(42-45(31)29(24)49)17-6-9-51-10-7-17;1-2/h3-4,6,11,14,16,19,21,46,48H,5,7-10,12-13H2,1-2H3,(H,40,47);1-2H3. The minimum Gasteiger partial charge on any atom is -0.504 e. The predicted molar refractivity (Wildman–Crippen MR) is 184 cm³/mol. The van der Waals surface area contributed by atoms with Gasteiger partial charge in [0.1, 0.15) is 19.0 Å². The van der Waals surface area contributed by atoms with Crippen LogP contribution in [0.15, 0.2) is 35.4 Å². The van der Waals surface area contributed by atoms with Crippen LogP contribution >= 0.6 is 11.6 Å². The van der Waals surface area contributed by atoms with E-state index >= 15 is 4.39 Å². The first kappa shape index (κ1) is 39.3. The number of aliphatic hydroxyl groups is 1. The van der Waals surface area contributed by atoms with Gasteiger partial charge in [-0.05, 0) is 50.5 Å². The Labute approximate surface area is 305 Å². The molecule has 6 rings (SSSR count). The molecule has 1 aromatic carbocycles. The van der Waals surface area contributed by atoms with E-state index in [0.29, 0.717) is 24.7 Å². The average molecular weight is 765 g/mol. The van der Waals surface area contributed by atoms with Crippen LogP contribution in [0.4, 0.5) is 23.2 Å². The van der Waals surface area contributed by atoms with Gasteiger partial charge in [0.15, 0.2) is 17.3 Å². The number of fused-ring (bicyclic) bond motifs is 1. The molecule has 1 saturated heterocycles. The molecule has 0 aliphatic carbocycles. The van der Waals surface area contributed by atoms with Gasteiger partial charge in [0.2, 0.25) is 11.7 Å². The molecule has 284 valence electrons. The third kappa shape index (κ3) is 8.03. The van der Waals surface area contributed by atoms with Crippen LogP contribution < -0.4 is 10.9 Å². The summed E-state index contributed by atoms with van der Waals surface area (Å²) in [5.74, 6) is -3.21. The third-order valence-electron chi connectivity index (χ3n) is 8.75. The highest BCUT2D eigenvalue weighted by molar-refractivity contribution is 6.33. The average Bonchev–Trinajstić information content (AvgIpc) is 3.58. The number of aromatic hydroxyl groups is 1. The highest BCUT2D eigenvalue weighted by atomic mass is 35.5. The van der Waals surface area contributed by atoms with Crippen LogP contribution in [-0.2, 0) is 22.3 Å². The summed E-state index contributed by atoms with van der Waals surface area (Å²) in [5.41, 5.74) is -1.80. The van der Waals surface area contributed by atoms with Crippen molar-refractivity contribution in [2.45, 2.75) is 71.5 Å². The first-order chi connectivity index (χ1) is 25.1. The monoisotopic (exact) mass is 764 g/mol. The fourth-order valence-corrected chi connectivity index (χ4v) is 6.45. The predicted octanol–water partition coefficient (Wildman–Crippen LogP) is 4.86. The second-order valence-corrected chi connectivity index (χ2v) is 12.5. The van der Waals surface area contributed by atoms with Crippen LogP contribution in [0.25, 0.3) is 11.4 Å².